The zero-order valence-corrected chi connectivity index (χ0v) is 8.64. The minimum Gasteiger partial charge on any atom is -0.393 e. The SMILES string of the molecule is CN(C)Cc1cccc(C(O)CO)c1. The lowest BCUT2D eigenvalue weighted by atomic mass is 10.1. The maximum atomic E-state index is 9.42. The van der Waals surface area contributed by atoms with Crippen LogP contribution in [0.5, 0.6) is 0 Å². The highest BCUT2D eigenvalue weighted by molar-refractivity contribution is 5.25. The average molecular weight is 195 g/mol. The highest BCUT2D eigenvalue weighted by Crippen LogP contribution is 2.14. The fourth-order valence-electron chi connectivity index (χ4n) is 1.37. The smallest absolute Gasteiger partial charge is 0.102 e. The topological polar surface area (TPSA) is 43.7 Å². The first-order valence-electron chi connectivity index (χ1n) is 4.66. The van der Waals surface area contributed by atoms with Gasteiger partial charge in [-0.25, -0.2) is 0 Å². The van der Waals surface area contributed by atoms with E-state index in [2.05, 4.69) is 4.90 Å². The summed E-state index contributed by atoms with van der Waals surface area (Å²) in [5.41, 5.74) is 1.91. The molecule has 1 aromatic carbocycles. The summed E-state index contributed by atoms with van der Waals surface area (Å²) in [4.78, 5) is 2.06. The maximum absolute atomic E-state index is 9.42. The van der Waals surface area contributed by atoms with Crippen molar-refractivity contribution < 1.29 is 10.2 Å². The van der Waals surface area contributed by atoms with Crippen molar-refractivity contribution in [1.29, 1.82) is 0 Å². The normalized spacial score (nSPS) is 13.2. The highest BCUT2D eigenvalue weighted by Gasteiger charge is 2.06. The second-order valence-corrected chi connectivity index (χ2v) is 3.68. The summed E-state index contributed by atoms with van der Waals surface area (Å²) in [7, 11) is 3.99. The fourth-order valence-corrected chi connectivity index (χ4v) is 1.37. The van der Waals surface area contributed by atoms with Gasteiger partial charge in [-0.05, 0) is 25.2 Å². The van der Waals surface area contributed by atoms with Gasteiger partial charge < -0.3 is 15.1 Å². The zero-order chi connectivity index (χ0) is 10.6. The third-order valence-corrected chi connectivity index (χ3v) is 2.01. The molecule has 0 bridgehead atoms. The van der Waals surface area contributed by atoms with E-state index < -0.39 is 6.10 Å². The van der Waals surface area contributed by atoms with Gasteiger partial charge in [0.25, 0.3) is 0 Å². The summed E-state index contributed by atoms with van der Waals surface area (Å²) in [5, 5.41) is 18.2. The lowest BCUT2D eigenvalue weighted by Crippen LogP contribution is -2.11. The van der Waals surface area contributed by atoms with Crippen molar-refractivity contribution in [1.82, 2.24) is 4.90 Å². The number of hydrogen-bond donors (Lipinski definition) is 2. The number of aliphatic hydroxyl groups excluding tert-OH is 2. The Morgan fingerprint density at radius 3 is 2.64 bits per heavy atom. The maximum Gasteiger partial charge on any atom is 0.102 e. The summed E-state index contributed by atoms with van der Waals surface area (Å²) in [5.74, 6) is 0. The molecule has 0 radical (unpaired) electrons. The van der Waals surface area contributed by atoms with Crippen molar-refractivity contribution >= 4 is 0 Å². The van der Waals surface area contributed by atoms with Crippen molar-refractivity contribution in [2.45, 2.75) is 12.6 Å². The van der Waals surface area contributed by atoms with E-state index in [4.69, 9.17) is 5.11 Å². The van der Waals surface area contributed by atoms with Crippen molar-refractivity contribution in [2.24, 2.45) is 0 Å². The predicted octanol–water partition coefficient (Wildman–Crippen LogP) is 0.774. The predicted molar refractivity (Wildman–Crippen MR) is 55.9 cm³/mol. The molecule has 3 heteroatoms. The largest absolute Gasteiger partial charge is 0.393 e. The number of hydrogen-bond acceptors (Lipinski definition) is 3. The summed E-state index contributed by atoms with van der Waals surface area (Å²) in [6, 6.07) is 7.64. The molecule has 3 nitrogen and oxygen atoms in total. The van der Waals surface area contributed by atoms with Crippen LogP contribution in [0.25, 0.3) is 0 Å². The van der Waals surface area contributed by atoms with Crippen LogP contribution < -0.4 is 0 Å². The number of rotatable bonds is 4. The van der Waals surface area contributed by atoms with E-state index in [0.29, 0.717) is 0 Å². The van der Waals surface area contributed by atoms with Crippen molar-refractivity contribution in [3.63, 3.8) is 0 Å². The van der Waals surface area contributed by atoms with Crippen LogP contribution in [0.3, 0.4) is 0 Å². The molecule has 2 N–H and O–H groups in total. The van der Waals surface area contributed by atoms with Crippen molar-refractivity contribution in [3.8, 4) is 0 Å². The van der Waals surface area contributed by atoms with Gasteiger partial charge in [-0.2, -0.15) is 0 Å². The Balaban J connectivity index is 2.78. The van der Waals surface area contributed by atoms with Gasteiger partial charge in [0.2, 0.25) is 0 Å². The van der Waals surface area contributed by atoms with Crippen LogP contribution >= 0.6 is 0 Å². The van der Waals surface area contributed by atoms with E-state index in [-0.39, 0.29) is 6.61 Å². The Labute approximate surface area is 84.6 Å². The van der Waals surface area contributed by atoms with Crippen LogP contribution in [-0.2, 0) is 6.54 Å². The molecule has 1 atom stereocenters. The third kappa shape index (κ3) is 3.10. The molecule has 0 heterocycles. The highest BCUT2D eigenvalue weighted by atomic mass is 16.3. The Morgan fingerprint density at radius 2 is 2.07 bits per heavy atom. The molecule has 1 rings (SSSR count). The Bertz CT molecular complexity index is 286. The van der Waals surface area contributed by atoms with E-state index >= 15 is 0 Å². The van der Waals surface area contributed by atoms with E-state index in [1.807, 2.05) is 38.4 Å². The van der Waals surface area contributed by atoms with Crippen LogP contribution in [0.4, 0.5) is 0 Å². The molecule has 14 heavy (non-hydrogen) atoms. The van der Waals surface area contributed by atoms with Gasteiger partial charge in [-0.3, -0.25) is 0 Å². The molecule has 0 amide bonds. The Morgan fingerprint density at radius 1 is 1.36 bits per heavy atom. The Hall–Kier alpha value is -0.900. The minimum atomic E-state index is -0.767. The first-order chi connectivity index (χ1) is 6.63. The zero-order valence-electron chi connectivity index (χ0n) is 8.64. The third-order valence-electron chi connectivity index (χ3n) is 2.01. The van der Waals surface area contributed by atoms with Crippen LogP contribution in [-0.4, -0.2) is 35.8 Å². The van der Waals surface area contributed by atoms with Crippen LogP contribution in [0.1, 0.15) is 17.2 Å². The molecule has 0 aliphatic carbocycles. The molecule has 1 unspecified atom stereocenters. The van der Waals surface area contributed by atoms with Gasteiger partial charge in [0.15, 0.2) is 0 Å². The minimum absolute atomic E-state index is 0.231. The molecule has 78 valence electrons. The average Bonchev–Trinajstić information content (AvgIpc) is 2.16. The van der Waals surface area contributed by atoms with E-state index in [1.165, 1.54) is 0 Å². The monoisotopic (exact) mass is 195 g/mol. The van der Waals surface area contributed by atoms with Gasteiger partial charge >= 0.3 is 0 Å². The molecule has 0 saturated heterocycles. The Kier molecular flexibility index (Phi) is 4.07. The first kappa shape index (κ1) is 11.2. The first-order valence-corrected chi connectivity index (χ1v) is 4.66. The second kappa shape index (κ2) is 5.10. The van der Waals surface area contributed by atoms with Gasteiger partial charge in [0, 0.05) is 6.54 Å². The van der Waals surface area contributed by atoms with E-state index in [0.717, 1.165) is 17.7 Å². The van der Waals surface area contributed by atoms with Crippen molar-refractivity contribution in [2.75, 3.05) is 20.7 Å². The van der Waals surface area contributed by atoms with E-state index in [9.17, 15) is 5.11 Å². The van der Waals surface area contributed by atoms with Gasteiger partial charge in [0.1, 0.15) is 6.10 Å². The molecule has 0 aliphatic rings. The summed E-state index contributed by atoms with van der Waals surface area (Å²) < 4.78 is 0. The molecule has 0 aromatic heterocycles. The number of nitrogens with zero attached hydrogens (tertiary/aromatic N) is 1. The molecular formula is C11H17NO2. The van der Waals surface area contributed by atoms with Gasteiger partial charge in [-0.1, -0.05) is 24.3 Å². The number of aliphatic hydroxyl groups is 2. The van der Waals surface area contributed by atoms with E-state index in [1.54, 1.807) is 0 Å². The standard InChI is InChI=1S/C11H17NO2/c1-12(2)7-9-4-3-5-10(6-9)11(14)8-13/h3-6,11,13-14H,7-8H2,1-2H3. The summed E-state index contributed by atoms with van der Waals surface area (Å²) in [6.07, 6.45) is -0.767. The summed E-state index contributed by atoms with van der Waals surface area (Å²) in [6.45, 7) is 0.609. The lowest BCUT2D eigenvalue weighted by molar-refractivity contribution is 0.0955. The molecule has 1 aromatic rings. The van der Waals surface area contributed by atoms with Crippen molar-refractivity contribution in [3.05, 3.63) is 35.4 Å². The lowest BCUT2D eigenvalue weighted by Gasteiger charge is -2.12. The quantitative estimate of drug-likeness (QED) is 0.746. The molecule has 0 fully saturated rings. The molecule has 0 spiro atoms. The fraction of sp³-hybridized carbons (Fsp3) is 0.455. The molecule has 0 aliphatic heterocycles. The molecule has 0 saturated carbocycles. The molecular weight excluding hydrogens is 178 g/mol. The summed E-state index contributed by atoms with van der Waals surface area (Å²) >= 11 is 0. The number of benzene rings is 1. The van der Waals surface area contributed by atoms with Crippen LogP contribution in [0.2, 0.25) is 0 Å². The second-order valence-electron chi connectivity index (χ2n) is 3.68. The van der Waals surface area contributed by atoms with Crippen LogP contribution in [0, 0.1) is 0 Å². The van der Waals surface area contributed by atoms with Crippen LogP contribution in [0.15, 0.2) is 24.3 Å². The van der Waals surface area contributed by atoms with Gasteiger partial charge in [0.05, 0.1) is 6.61 Å². The van der Waals surface area contributed by atoms with Gasteiger partial charge in [-0.15, -0.1) is 0 Å².